The zero-order chi connectivity index (χ0) is 16.4. The average Bonchev–Trinajstić information content (AvgIpc) is 3.13. The van der Waals surface area contributed by atoms with Gasteiger partial charge in [0.15, 0.2) is 0 Å². The van der Waals surface area contributed by atoms with E-state index in [2.05, 4.69) is 14.9 Å². The number of nitrogens with one attached hydrogen (secondary N) is 1. The molecule has 1 aromatic rings. The molecule has 132 valence electrons. The molecule has 1 unspecified atom stereocenters. The van der Waals surface area contributed by atoms with Crippen molar-refractivity contribution in [3.8, 4) is 0 Å². The standard InChI is InChI=1S/C18H28N4O2/c23-18(20-16-3-1-2-4-16)22-10-15(13-24-12-14-5-6-14)9-21-8-7-19-17(21)11-22/h7-8,14-16H,1-6,9-13H2,(H,20,23). The summed E-state index contributed by atoms with van der Waals surface area (Å²) < 4.78 is 8.09. The Balaban J connectivity index is 1.38. The molecule has 1 N–H and O–H groups in total. The van der Waals surface area contributed by atoms with Gasteiger partial charge in [0.1, 0.15) is 5.82 Å². The number of aromatic nitrogens is 2. The predicted octanol–water partition coefficient (Wildman–Crippen LogP) is 2.39. The molecular weight excluding hydrogens is 304 g/mol. The normalized spacial score (nSPS) is 24.7. The largest absolute Gasteiger partial charge is 0.381 e. The smallest absolute Gasteiger partial charge is 0.318 e. The number of fused-ring (bicyclic) bond motifs is 1. The molecule has 0 saturated heterocycles. The van der Waals surface area contributed by atoms with Crippen LogP contribution in [0.1, 0.15) is 44.3 Å². The third kappa shape index (κ3) is 3.91. The van der Waals surface area contributed by atoms with E-state index in [9.17, 15) is 4.79 Å². The molecule has 0 aromatic carbocycles. The summed E-state index contributed by atoms with van der Waals surface area (Å²) in [6, 6.07) is 0.413. The van der Waals surface area contributed by atoms with Gasteiger partial charge in [-0.15, -0.1) is 0 Å². The minimum Gasteiger partial charge on any atom is -0.381 e. The minimum atomic E-state index is 0.0607. The Morgan fingerprint density at radius 2 is 1.96 bits per heavy atom. The van der Waals surface area contributed by atoms with Crippen molar-refractivity contribution in [3.05, 3.63) is 18.2 Å². The Hall–Kier alpha value is -1.56. The Labute approximate surface area is 143 Å². The van der Waals surface area contributed by atoms with Gasteiger partial charge in [0.05, 0.1) is 13.2 Å². The second-order valence-electron chi connectivity index (χ2n) is 7.65. The van der Waals surface area contributed by atoms with Crippen LogP contribution in [0, 0.1) is 11.8 Å². The van der Waals surface area contributed by atoms with Crippen LogP contribution in [0.5, 0.6) is 0 Å². The lowest BCUT2D eigenvalue weighted by molar-refractivity contribution is 0.0757. The number of rotatable bonds is 5. The van der Waals surface area contributed by atoms with Crippen molar-refractivity contribution in [3.63, 3.8) is 0 Å². The van der Waals surface area contributed by atoms with Crippen molar-refractivity contribution < 1.29 is 9.53 Å². The maximum atomic E-state index is 12.7. The van der Waals surface area contributed by atoms with Crippen LogP contribution in [-0.2, 0) is 17.8 Å². The first-order chi connectivity index (χ1) is 11.8. The summed E-state index contributed by atoms with van der Waals surface area (Å²) in [7, 11) is 0. The second kappa shape index (κ2) is 7.13. The molecule has 3 aliphatic rings. The van der Waals surface area contributed by atoms with Crippen molar-refractivity contribution in [2.24, 2.45) is 11.8 Å². The van der Waals surface area contributed by atoms with Gasteiger partial charge >= 0.3 is 6.03 Å². The zero-order valence-electron chi connectivity index (χ0n) is 14.3. The second-order valence-corrected chi connectivity index (χ2v) is 7.65. The number of carbonyl (C=O) groups excluding carboxylic acids is 1. The third-order valence-corrected chi connectivity index (χ3v) is 5.44. The van der Waals surface area contributed by atoms with Crippen molar-refractivity contribution in [1.82, 2.24) is 19.8 Å². The lowest BCUT2D eigenvalue weighted by Crippen LogP contribution is -2.45. The quantitative estimate of drug-likeness (QED) is 0.901. The first-order valence-corrected chi connectivity index (χ1v) is 9.41. The molecule has 6 heteroatoms. The maximum absolute atomic E-state index is 12.7. The molecule has 4 rings (SSSR count). The van der Waals surface area contributed by atoms with E-state index in [0.717, 1.165) is 50.9 Å². The number of amides is 2. The molecule has 2 saturated carbocycles. The molecule has 6 nitrogen and oxygen atoms in total. The molecule has 1 aromatic heterocycles. The SMILES string of the molecule is O=C(NC1CCCC1)N1Cc2nccn2CC(COCC2CC2)C1. The zero-order valence-corrected chi connectivity index (χ0v) is 14.3. The number of hydrogen-bond donors (Lipinski definition) is 1. The summed E-state index contributed by atoms with van der Waals surface area (Å²) in [5.41, 5.74) is 0. The van der Waals surface area contributed by atoms with Crippen LogP contribution in [0.25, 0.3) is 0 Å². The van der Waals surface area contributed by atoms with Crippen molar-refractivity contribution in [2.45, 2.75) is 57.7 Å². The number of ether oxygens (including phenoxy) is 1. The number of hydrogen-bond acceptors (Lipinski definition) is 3. The molecule has 24 heavy (non-hydrogen) atoms. The van der Waals surface area contributed by atoms with Gasteiger partial charge in [-0.2, -0.15) is 0 Å². The van der Waals surface area contributed by atoms with Crippen LogP contribution in [0.3, 0.4) is 0 Å². The summed E-state index contributed by atoms with van der Waals surface area (Å²) in [5.74, 6) is 2.08. The van der Waals surface area contributed by atoms with Crippen molar-refractivity contribution in [2.75, 3.05) is 19.8 Å². The fourth-order valence-electron chi connectivity index (χ4n) is 3.82. The number of urea groups is 1. The van der Waals surface area contributed by atoms with E-state index in [4.69, 9.17) is 4.74 Å². The minimum absolute atomic E-state index is 0.0607. The molecule has 2 fully saturated rings. The van der Waals surface area contributed by atoms with E-state index in [-0.39, 0.29) is 6.03 Å². The summed E-state index contributed by atoms with van der Waals surface area (Å²) in [5, 5.41) is 3.21. The number of imidazole rings is 1. The first kappa shape index (κ1) is 15.9. The third-order valence-electron chi connectivity index (χ3n) is 5.44. The predicted molar refractivity (Wildman–Crippen MR) is 90.5 cm³/mol. The van der Waals surface area contributed by atoms with Crippen LogP contribution in [0.2, 0.25) is 0 Å². The highest BCUT2D eigenvalue weighted by Crippen LogP contribution is 2.29. The highest BCUT2D eigenvalue weighted by atomic mass is 16.5. The molecule has 2 heterocycles. The van der Waals surface area contributed by atoms with Crippen LogP contribution in [-0.4, -0.2) is 46.3 Å². The van der Waals surface area contributed by atoms with Gasteiger partial charge in [-0.05, 0) is 31.6 Å². The van der Waals surface area contributed by atoms with Crippen LogP contribution >= 0.6 is 0 Å². The van der Waals surface area contributed by atoms with E-state index in [1.807, 2.05) is 17.3 Å². The Bertz CT molecular complexity index is 563. The highest BCUT2D eigenvalue weighted by molar-refractivity contribution is 5.74. The van der Waals surface area contributed by atoms with Gasteiger partial charge in [0.2, 0.25) is 0 Å². The summed E-state index contributed by atoms with van der Waals surface area (Å²) in [6.07, 6.45) is 11.2. The molecule has 2 aliphatic carbocycles. The monoisotopic (exact) mass is 332 g/mol. The van der Waals surface area contributed by atoms with Gasteiger partial charge in [-0.25, -0.2) is 9.78 Å². The van der Waals surface area contributed by atoms with E-state index >= 15 is 0 Å². The van der Waals surface area contributed by atoms with Gasteiger partial charge < -0.3 is 19.5 Å². The highest BCUT2D eigenvalue weighted by Gasteiger charge is 2.28. The van der Waals surface area contributed by atoms with E-state index in [1.165, 1.54) is 25.7 Å². The molecule has 1 atom stereocenters. The summed E-state index contributed by atoms with van der Waals surface area (Å²) in [6.45, 7) is 3.81. The topological polar surface area (TPSA) is 59.4 Å². The molecular formula is C18H28N4O2. The van der Waals surface area contributed by atoms with Gasteiger partial charge in [-0.3, -0.25) is 0 Å². The van der Waals surface area contributed by atoms with Crippen molar-refractivity contribution in [1.29, 1.82) is 0 Å². The Kier molecular flexibility index (Phi) is 4.74. The fourth-order valence-corrected chi connectivity index (χ4v) is 3.82. The average molecular weight is 332 g/mol. The Morgan fingerprint density at radius 1 is 1.17 bits per heavy atom. The number of carbonyl (C=O) groups is 1. The summed E-state index contributed by atoms with van der Waals surface area (Å²) in [4.78, 5) is 19.1. The molecule has 0 bridgehead atoms. The molecule has 0 radical (unpaired) electrons. The first-order valence-electron chi connectivity index (χ1n) is 9.41. The van der Waals surface area contributed by atoms with Gasteiger partial charge in [-0.1, -0.05) is 12.8 Å². The van der Waals surface area contributed by atoms with Gasteiger partial charge in [0, 0.05) is 44.0 Å². The van der Waals surface area contributed by atoms with Gasteiger partial charge in [0.25, 0.3) is 0 Å². The van der Waals surface area contributed by atoms with Crippen LogP contribution in [0.15, 0.2) is 12.4 Å². The van der Waals surface area contributed by atoms with E-state index < -0.39 is 0 Å². The molecule has 2 amide bonds. The fraction of sp³-hybridized carbons (Fsp3) is 0.778. The van der Waals surface area contributed by atoms with E-state index in [0.29, 0.717) is 18.5 Å². The van der Waals surface area contributed by atoms with Crippen LogP contribution in [0.4, 0.5) is 4.79 Å². The Morgan fingerprint density at radius 3 is 2.75 bits per heavy atom. The van der Waals surface area contributed by atoms with E-state index in [1.54, 1.807) is 0 Å². The number of nitrogens with zero attached hydrogens (tertiary/aromatic N) is 3. The lowest BCUT2D eigenvalue weighted by atomic mass is 10.1. The van der Waals surface area contributed by atoms with Crippen LogP contribution < -0.4 is 5.32 Å². The lowest BCUT2D eigenvalue weighted by Gasteiger charge is -2.26. The van der Waals surface area contributed by atoms with Crippen molar-refractivity contribution >= 4 is 6.03 Å². The summed E-state index contributed by atoms with van der Waals surface area (Å²) >= 11 is 0. The molecule has 0 spiro atoms. The molecule has 1 aliphatic heterocycles. The maximum Gasteiger partial charge on any atom is 0.318 e.